The number of likely N-dealkylation sites (N-methyl/N-ethyl adjacent to an activating group) is 1. The molecule has 0 aliphatic heterocycles. The number of amides is 1. The van der Waals surface area contributed by atoms with Crippen molar-refractivity contribution in [3.05, 3.63) is 35.4 Å². The van der Waals surface area contributed by atoms with E-state index in [9.17, 15) is 9.59 Å². The zero-order chi connectivity index (χ0) is 16.0. The van der Waals surface area contributed by atoms with Crippen molar-refractivity contribution in [2.45, 2.75) is 39.3 Å². The average Bonchev–Trinajstić information content (AvgIpc) is 2.38. The van der Waals surface area contributed by atoms with E-state index in [1.54, 1.807) is 24.3 Å². The molecule has 0 heterocycles. The second-order valence-electron chi connectivity index (χ2n) is 5.96. The SMILES string of the molecule is CCC(C)(C)NC(=O)CN(C)Cc1ccc(C(=O)O)cc1. The molecule has 0 fully saturated rings. The van der Waals surface area contributed by atoms with Crippen LogP contribution in [0.3, 0.4) is 0 Å². The molecule has 0 aliphatic carbocycles. The molecule has 0 saturated carbocycles. The summed E-state index contributed by atoms with van der Waals surface area (Å²) in [5, 5.41) is 11.8. The summed E-state index contributed by atoms with van der Waals surface area (Å²) in [6, 6.07) is 6.69. The minimum absolute atomic E-state index is 0.00786. The van der Waals surface area contributed by atoms with Gasteiger partial charge in [0.25, 0.3) is 0 Å². The van der Waals surface area contributed by atoms with Crippen molar-refractivity contribution in [2.75, 3.05) is 13.6 Å². The fourth-order valence-electron chi connectivity index (χ4n) is 1.87. The van der Waals surface area contributed by atoms with E-state index in [0.29, 0.717) is 13.1 Å². The molecular weight excluding hydrogens is 268 g/mol. The van der Waals surface area contributed by atoms with E-state index in [-0.39, 0.29) is 17.0 Å². The van der Waals surface area contributed by atoms with Crippen LogP contribution in [0, 0.1) is 0 Å². The third-order valence-corrected chi connectivity index (χ3v) is 3.43. The van der Waals surface area contributed by atoms with Gasteiger partial charge in [-0.2, -0.15) is 0 Å². The molecule has 0 aromatic heterocycles. The second kappa shape index (κ2) is 7.22. The molecule has 21 heavy (non-hydrogen) atoms. The quantitative estimate of drug-likeness (QED) is 0.807. The largest absolute Gasteiger partial charge is 0.478 e. The van der Waals surface area contributed by atoms with Gasteiger partial charge >= 0.3 is 5.97 Å². The Labute approximate surface area is 126 Å². The summed E-state index contributed by atoms with van der Waals surface area (Å²) >= 11 is 0. The van der Waals surface area contributed by atoms with E-state index in [4.69, 9.17) is 5.11 Å². The Bertz CT molecular complexity index is 495. The van der Waals surface area contributed by atoms with Gasteiger partial charge < -0.3 is 10.4 Å². The molecule has 1 aromatic carbocycles. The molecule has 0 atom stereocenters. The number of carbonyl (C=O) groups is 2. The first-order valence-electron chi connectivity index (χ1n) is 7.05. The lowest BCUT2D eigenvalue weighted by Gasteiger charge is -2.26. The zero-order valence-corrected chi connectivity index (χ0v) is 13.1. The summed E-state index contributed by atoms with van der Waals surface area (Å²) in [6.07, 6.45) is 0.874. The maximum Gasteiger partial charge on any atom is 0.335 e. The summed E-state index contributed by atoms with van der Waals surface area (Å²) in [6.45, 7) is 6.93. The van der Waals surface area contributed by atoms with Crippen LogP contribution in [0.4, 0.5) is 0 Å². The Hall–Kier alpha value is -1.88. The molecule has 0 radical (unpaired) electrons. The fourth-order valence-corrected chi connectivity index (χ4v) is 1.87. The van der Waals surface area contributed by atoms with E-state index >= 15 is 0 Å². The summed E-state index contributed by atoms with van der Waals surface area (Å²) in [5.74, 6) is -0.942. The second-order valence-corrected chi connectivity index (χ2v) is 5.96. The molecule has 0 saturated heterocycles. The highest BCUT2D eigenvalue weighted by Crippen LogP contribution is 2.08. The van der Waals surface area contributed by atoms with Gasteiger partial charge in [0, 0.05) is 12.1 Å². The third-order valence-electron chi connectivity index (χ3n) is 3.43. The van der Waals surface area contributed by atoms with E-state index in [0.717, 1.165) is 12.0 Å². The van der Waals surface area contributed by atoms with E-state index in [1.165, 1.54) is 0 Å². The maximum absolute atomic E-state index is 11.9. The number of benzene rings is 1. The van der Waals surface area contributed by atoms with Crippen LogP contribution < -0.4 is 5.32 Å². The molecule has 0 bridgehead atoms. The van der Waals surface area contributed by atoms with Crippen LogP contribution >= 0.6 is 0 Å². The van der Waals surface area contributed by atoms with Crippen molar-refractivity contribution in [1.82, 2.24) is 10.2 Å². The number of aromatic carboxylic acids is 1. The first-order chi connectivity index (χ1) is 9.73. The summed E-state index contributed by atoms with van der Waals surface area (Å²) in [7, 11) is 1.86. The standard InChI is InChI=1S/C16H24N2O3/c1-5-16(2,3)17-14(19)11-18(4)10-12-6-8-13(9-7-12)15(20)21/h6-9H,5,10-11H2,1-4H3,(H,17,19)(H,20,21). The first kappa shape index (κ1) is 17.2. The molecule has 1 amide bonds. The number of hydrogen-bond acceptors (Lipinski definition) is 3. The number of hydrogen-bond donors (Lipinski definition) is 2. The van der Waals surface area contributed by atoms with Gasteiger partial charge in [0.1, 0.15) is 0 Å². The number of nitrogens with zero attached hydrogens (tertiary/aromatic N) is 1. The normalized spacial score (nSPS) is 11.5. The van der Waals surface area contributed by atoms with Gasteiger partial charge in [0.2, 0.25) is 5.91 Å². The molecule has 5 nitrogen and oxygen atoms in total. The van der Waals surface area contributed by atoms with Crippen LogP contribution in [0.5, 0.6) is 0 Å². The fraction of sp³-hybridized carbons (Fsp3) is 0.500. The molecule has 1 rings (SSSR count). The van der Waals surface area contributed by atoms with E-state index in [1.807, 2.05) is 32.7 Å². The number of carbonyl (C=O) groups excluding carboxylic acids is 1. The van der Waals surface area contributed by atoms with E-state index < -0.39 is 5.97 Å². The highest BCUT2D eigenvalue weighted by atomic mass is 16.4. The van der Waals surface area contributed by atoms with Crippen molar-refractivity contribution in [1.29, 1.82) is 0 Å². The third kappa shape index (κ3) is 5.95. The number of nitrogens with one attached hydrogen (secondary N) is 1. The van der Waals surface area contributed by atoms with Crippen molar-refractivity contribution in [3.63, 3.8) is 0 Å². The molecule has 5 heteroatoms. The van der Waals surface area contributed by atoms with Gasteiger partial charge in [-0.15, -0.1) is 0 Å². The highest BCUT2D eigenvalue weighted by molar-refractivity contribution is 5.87. The summed E-state index contributed by atoms with van der Waals surface area (Å²) in [4.78, 5) is 24.6. The van der Waals surface area contributed by atoms with Gasteiger partial charge in [-0.25, -0.2) is 4.79 Å². The molecular formula is C16H24N2O3. The Morgan fingerprint density at radius 3 is 2.29 bits per heavy atom. The Balaban J connectivity index is 2.51. The van der Waals surface area contributed by atoms with Crippen LogP contribution in [0.2, 0.25) is 0 Å². The van der Waals surface area contributed by atoms with Crippen molar-refractivity contribution in [2.24, 2.45) is 0 Å². The average molecular weight is 292 g/mol. The number of rotatable bonds is 7. The summed E-state index contributed by atoms with van der Waals surface area (Å²) < 4.78 is 0. The van der Waals surface area contributed by atoms with Gasteiger partial charge in [-0.1, -0.05) is 19.1 Å². The molecule has 116 valence electrons. The highest BCUT2D eigenvalue weighted by Gasteiger charge is 2.18. The van der Waals surface area contributed by atoms with Crippen LogP contribution in [0.15, 0.2) is 24.3 Å². The number of carboxylic acids is 1. The molecule has 0 aliphatic rings. The van der Waals surface area contributed by atoms with Gasteiger partial charge in [0.05, 0.1) is 12.1 Å². The van der Waals surface area contributed by atoms with E-state index in [2.05, 4.69) is 5.32 Å². The predicted molar refractivity (Wildman–Crippen MR) is 82.2 cm³/mol. The smallest absolute Gasteiger partial charge is 0.335 e. The molecule has 0 unspecified atom stereocenters. The molecule has 2 N–H and O–H groups in total. The van der Waals surface area contributed by atoms with Crippen molar-refractivity contribution >= 4 is 11.9 Å². The Morgan fingerprint density at radius 2 is 1.81 bits per heavy atom. The summed E-state index contributed by atoms with van der Waals surface area (Å²) in [5.41, 5.74) is 1.05. The van der Waals surface area contributed by atoms with Crippen molar-refractivity contribution in [3.8, 4) is 0 Å². The minimum atomic E-state index is -0.934. The Kier molecular flexibility index (Phi) is 5.90. The molecule has 1 aromatic rings. The predicted octanol–water partition coefficient (Wildman–Crippen LogP) is 2.12. The van der Waals surface area contributed by atoms with Crippen LogP contribution in [-0.2, 0) is 11.3 Å². The van der Waals surface area contributed by atoms with Gasteiger partial charge in [-0.05, 0) is 45.0 Å². The van der Waals surface area contributed by atoms with Crippen LogP contribution in [-0.4, -0.2) is 41.0 Å². The van der Waals surface area contributed by atoms with Crippen molar-refractivity contribution < 1.29 is 14.7 Å². The topological polar surface area (TPSA) is 69.6 Å². The number of carboxylic acid groups (broad SMARTS) is 1. The minimum Gasteiger partial charge on any atom is -0.478 e. The van der Waals surface area contributed by atoms with Gasteiger partial charge in [0.15, 0.2) is 0 Å². The van der Waals surface area contributed by atoms with Gasteiger partial charge in [-0.3, -0.25) is 9.69 Å². The molecule has 0 spiro atoms. The van der Waals surface area contributed by atoms with Crippen LogP contribution in [0.1, 0.15) is 43.1 Å². The maximum atomic E-state index is 11.9. The lowest BCUT2D eigenvalue weighted by Crippen LogP contribution is -2.46. The van der Waals surface area contributed by atoms with Crippen LogP contribution in [0.25, 0.3) is 0 Å². The first-order valence-corrected chi connectivity index (χ1v) is 7.05. The zero-order valence-electron chi connectivity index (χ0n) is 13.1. The lowest BCUT2D eigenvalue weighted by molar-refractivity contribution is -0.123. The lowest BCUT2D eigenvalue weighted by atomic mass is 10.0. The monoisotopic (exact) mass is 292 g/mol. The Morgan fingerprint density at radius 1 is 1.24 bits per heavy atom.